The second kappa shape index (κ2) is 9.99. The van der Waals surface area contributed by atoms with Gasteiger partial charge < -0.3 is 5.11 Å². The molecule has 4 atom stereocenters. The zero-order valence-electron chi connectivity index (χ0n) is 12.7. The zero-order valence-corrected chi connectivity index (χ0v) is 12.7. The number of aliphatic hydroxyl groups is 1. The van der Waals surface area contributed by atoms with Gasteiger partial charge >= 0.3 is 0 Å². The molecule has 0 aliphatic heterocycles. The summed E-state index contributed by atoms with van der Waals surface area (Å²) >= 11 is 0. The third-order valence-corrected chi connectivity index (χ3v) is 4.31. The highest BCUT2D eigenvalue weighted by molar-refractivity contribution is 6.12. The van der Waals surface area contributed by atoms with Crippen molar-refractivity contribution in [3.63, 3.8) is 0 Å². The molecule has 0 aromatic carbocycles. The van der Waals surface area contributed by atoms with Crippen molar-refractivity contribution in [3.05, 3.63) is 0 Å². The van der Waals surface area contributed by atoms with Crippen LogP contribution in [0.15, 0.2) is 0 Å². The van der Waals surface area contributed by atoms with Gasteiger partial charge in [0.05, 0.1) is 0 Å². The summed E-state index contributed by atoms with van der Waals surface area (Å²) in [7, 11) is 2.21. The molecule has 0 aromatic heterocycles. The molecule has 0 saturated heterocycles. The first-order chi connectivity index (χ1) is 8.06. The van der Waals surface area contributed by atoms with Gasteiger partial charge in [-0.1, -0.05) is 66.2 Å². The topological polar surface area (TPSA) is 20.2 Å². The van der Waals surface area contributed by atoms with Crippen LogP contribution < -0.4 is 0 Å². The molecule has 1 nitrogen and oxygen atoms in total. The number of hydrogen-bond donors (Lipinski definition) is 1. The molecule has 0 aliphatic rings. The van der Waals surface area contributed by atoms with Gasteiger partial charge in [0, 0.05) is 6.10 Å². The summed E-state index contributed by atoms with van der Waals surface area (Å²) in [5.41, 5.74) is 0. The Labute approximate surface area is 110 Å². The van der Waals surface area contributed by atoms with Gasteiger partial charge in [0.1, 0.15) is 7.85 Å². The Bertz CT molecular complexity index is 172. The number of hydrogen-bond acceptors (Lipinski definition) is 1. The van der Waals surface area contributed by atoms with Gasteiger partial charge in [0.25, 0.3) is 0 Å². The Morgan fingerprint density at radius 3 is 2.00 bits per heavy atom. The molecule has 0 aliphatic carbocycles. The first-order valence-corrected chi connectivity index (χ1v) is 7.74. The first-order valence-electron chi connectivity index (χ1n) is 7.74. The van der Waals surface area contributed by atoms with Crippen LogP contribution >= 0.6 is 0 Å². The Morgan fingerprint density at radius 2 is 1.53 bits per heavy atom. The van der Waals surface area contributed by atoms with E-state index in [4.69, 9.17) is 0 Å². The lowest BCUT2D eigenvalue weighted by Gasteiger charge is -2.25. The van der Waals surface area contributed by atoms with Crippen molar-refractivity contribution >= 4 is 7.85 Å². The van der Waals surface area contributed by atoms with Gasteiger partial charge in [-0.05, 0) is 24.1 Å². The quantitative estimate of drug-likeness (QED) is 0.576. The van der Waals surface area contributed by atoms with E-state index in [1.807, 2.05) is 0 Å². The van der Waals surface area contributed by atoms with Gasteiger partial charge in [-0.2, -0.15) is 0 Å². The smallest absolute Gasteiger partial charge is 0.108 e. The second-order valence-electron chi connectivity index (χ2n) is 5.84. The highest BCUT2D eigenvalue weighted by atomic mass is 16.3. The molecule has 1 N–H and O–H groups in total. The molecule has 0 spiro atoms. The lowest BCUT2D eigenvalue weighted by molar-refractivity contribution is 0.146. The van der Waals surface area contributed by atoms with Crippen LogP contribution in [0.4, 0.5) is 0 Å². The lowest BCUT2D eigenvalue weighted by atomic mass is 9.74. The summed E-state index contributed by atoms with van der Waals surface area (Å²) in [4.78, 5) is 0. The van der Waals surface area contributed by atoms with E-state index in [9.17, 15) is 5.11 Å². The highest BCUT2D eigenvalue weighted by Gasteiger charge is 2.18. The molecule has 0 amide bonds. The number of aliphatic hydroxyl groups excluding tert-OH is 1. The highest BCUT2D eigenvalue weighted by Crippen LogP contribution is 2.29. The summed E-state index contributed by atoms with van der Waals surface area (Å²) in [6.45, 7) is 9.12. The molecule has 0 aromatic rings. The predicted octanol–water partition coefficient (Wildman–Crippen LogP) is 3.81. The third kappa shape index (κ3) is 7.13. The summed E-state index contributed by atoms with van der Waals surface area (Å²) in [6.07, 6.45) is 8.39. The van der Waals surface area contributed by atoms with Crippen molar-refractivity contribution in [2.45, 2.75) is 84.6 Å². The van der Waals surface area contributed by atoms with Crippen molar-refractivity contribution in [2.75, 3.05) is 0 Å². The molecule has 0 bridgehead atoms. The van der Waals surface area contributed by atoms with Crippen molar-refractivity contribution in [3.8, 4) is 0 Å². The van der Waals surface area contributed by atoms with Crippen LogP contribution in [0.1, 0.15) is 72.6 Å². The van der Waals surface area contributed by atoms with Crippen LogP contribution in [-0.4, -0.2) is 19.1 Å². The van der Waals surface area contributed by atoms with Crippen LogP contribution in [0.25, 0.3) is 0 Å². The maximum absolute atomic E-state index is 9.95. The van der Waals surface area contributed by atoms with E-state index < -0.39 is 0 Å². The van der Waals surface area contributed by atoms with E-state index >= 15 is 0 Å². The molecule has 0 heterocycles. The minimum absolute atomic E-state index is 0.0843. The molecule has 0 radical (unpaired) electrons. The van der Waals surface area contributed by atoms with Crippen molar-refractivity contribution in [1.82, 2.24) is 0 Å². The minimum atomic E-state index is -0.0843. The Hall–Kier alpha value is 0.0249. The van der Waals surface area contributed by atoms with Crippen LogP contribution in [-0.2, 0) is 0 Å². The lowest BCUT2D eigenvalue weighted by Crippen LogP contribution is -2.18. The average Bonchev–Trinajstić information content (AvgIpc) is 2.30. The van der Waals surface area contributed by atoms with Gasteiger partial charge in [-0.15, -0.1) is 0 Å². The summed E-state index contributed by atoms with van der Waals surface area (Å²) in [6, 6.07) is 0. The molecule has 0 fully saturated rings. The van der Waals surface area contributed by atoms with Crippen molar-refractivity contribution < 1.29 is 5.11 Å². The van der Waals surface area contributed by atoms with E-state index in [1.54, 1.807) is 0 Å². The number of rotatable bonds is 10. The first kappa shape index (κ1) is 17.0. The van der Waals surface area contributed by atoms with E-state index in [-0.39, 0.29) is 6.10 Å². The molecule has 0 rings (SSSR count). The van der Waals surface area contributed by atoms with Crippen LogP contribution in [0.2, 0.25) is 5.82 Å². The van der Waals surface area contributed by atoms with Gasteiger partial charge in [-0.25, -0.2) is 0 Å². The Morgan fingerprint density at radius 1 is 0.941 bits per heavy atom. The van der Waals surface area contributed by atoms with Crippen LogP contribution in [0, 0.1) is 11.8 Å². The Balaban J connectivity index is 3.96. The maximum atomic E-state index is 9.95. The fraction of sp³-hybridized carbons (Fsp3) is 1.00. The monoisotopic (exact) mass is 240 g/mol. The summed E-state index contributed by atoms with van der Waals surface area (Å²) in [5.74, 6) is 2.17. The van der Waals surface area contributed by atoms with Gasteiger partial charge in [-0.3, -0.25) is 0 Å². The fourth-order valence-electron chi connectivity index (χ4n) is 2.83. The van der Waals surface area contributed by atoms with Crippen LogP contribution in [0.3, 0.4) is 0 Å². The average molecular weight is 240 g/mol. The summed E-state index contributed by atoms with van der Waals surface area (Å²) in [5, 5.41) is 9.95. The Kier molecular flexibility index (Phi) is 10.0. The molecular formula is C15H33BO. The fourth-order valence-corrected chi connectivity index (χ4v) is 2.83. The minimum Gasteiger partial charge on any atom is -0.394 e. The predicted molar refractivity (Wildman–Crippen MR) is 80.3 cm³/mol. The van der Waals surface area contributed by atoms with Crippen molar-refractivity contribution in [2.24, 2.45) is 11.8 Å². The molecule has 3 unspecified atom stereocenters. The summed E-state index contributed by atoms with van der Waals surface area (Å²) < 4.78 is 0. The van der Waals surface area contributed by atoms with Gasteiger partial charge in [0.2, 0.25) is 0 Å². The molecule has 2 heteroatoms. The molecule has 102 valence electrons. The zero-order chi connectivity index (χ0) is 13.3. The largest absolute Gasteiger partial charge is 0.394 e. The van der Waals surface area contributed by atoms with E-state index in [0.717, 1.165) is 24.7 Å². The molecule has 17 heavy (non-hydrogen) atoms. The molecule has 0 saturated carbocycles. The van der Waals surface area contributed by atoms with Gasteiger partial charge in [0.15, 0.2) is 0 Å². The SMILES string of the molecule is B[C@H](CCC(CC)C(C)CCC)C(O)CCC. The normalized spacial score (nSPS) is 18.6. The second-order valence-corrected chi connectivity index (χ2v) is 5.84. The van der Waals surface area contributed by atoms with E-state index in [1.165, 1.54) is 32.1 Å². The third-order valence-electron chi connectivity index (χ3n) is 4.31. The van der Waals surface area contributed by atoms with Crippen LogP contribution in [0.5, 0.6) is 0 Å². The van der Waals surface area contributed by atoms with E-state index in [0.29, 0.717) is 5.82 Å². The maximum Gasteiger partial charge on any atom is 0.108 e. The van der Waals surface area contributed by atoms with Crippen molar-refractivity contribution in [1.29, 1.82) is 0 Å². The van der Waals surface area contributed by atoms with E-state index in [2.05, 4.69) is 35.5 Å². The standard InChI is InChI=1S/C15H33BO/c1-5-8-12(4)13(7-3)10-11-14(16)15(17)9-6-2/h12-15,17H,5-11,16H2,1-4H3/t12?,13?,14-,15?/m1/s1. The molecular weight excluding hydrogens is 207 g/mol.